The highest BCUT2D eigenvalue weighted by atomic mass is 16.5. The van der Waals surface area contributed by atoms with Crippen molar-refractivity contribution in [1.29, 1.82) is 0 Å². The number of methoxy groups -OCH3 is 2. The molecule has 0 aliphatic carbocycles. The van der Waals surface area contributed by atoms with E-state index in [0.29, 0.717) is 35.8 Å². The topological polar surface area (TPSA) is 73.9 Å². The lowest BCUT2D eigenvalue weighted by Crippen LogP contribution is -2.28. The van der Waals surface area contributed by atoms with Gasteiger partial charge < -0.3 is 25.1 Å². The quantitative estimate of drug-likeness (QED) is 0.577. The highest BCUT2D eigenvalue weighted by Crippen LogP contribution is 2.38. The molecule has 0 radical (unpaired) electrons. The molecule has 3 aromatic rings. The van der Waals surface area contributed by atoms with Gasteiger partial charge in [-0.2, -0.15) is 0 Å². The normalized spacial score (nSPS) is 12.8. The van der Waals surface area contributed by atoms with E-state index in [-0.39, 0.29) is 0 Å². The molecular formula is C24H27NO4. The maximum atomic E-state index is 10.8. The first-order chi connectivity index (χ1) is 14.1. The van der Waals surface area contributed by atoms with Crippen LogP contribution in [0.2, 0.25) is 0 Å². The first-order valence-electron chi connectivity index (χ1n) is 9.52. The second-order valence-corrected chi connectivity index (χ2v) is 6.80. The summed E-state index contributed by atoms with van der Waals surface area (Å²) in [6, 6.07) is 22.5. The van der Waals surface area contributed by atoms with Crippen LogP contribution in [0, 0.1) is 0 Å². The van der Waals surface area contributed by atoms with Crippen LogP contribution in [0.25, 0.3) is 0 Å². The molecule has 5 nitrogen and oxygen atoms in total. The Kier molecular flexibility index (Phi) is 7.11. The summed E-state index contributed by atoms with van der Waals surface area (Å²) in [5.41, 5.74) is 9.16. The number of hydrogen-bond donors (Lipinski definition) is 2. The van der Waals surface area contributed by atoms with Gasteiger partial charge in [-0.3, -0.25) is 0 Å². The molecule has 3 rings (SSSR count). The van der Waals surface area contributed by atoms with Gasteiger partial charge in [-0.25, -0.2) is 0 Å². The van der Waals surface area contributed by atoms with Crippen molar-refractivity contribution in [3.8, 4) is 17.2 Å². The fourth-order valence-electron chi connectivity index (χ4n) is 3.19. The molecule has 29 heavy (non-hydrogen) atoms. The van der Waals surface area contributed by atoms with Gasteiger partial charge in [0.1, 0.15) is 12.4 Å². The number of hydrogen-bond acceptors (Lipinski definition) is 5. The van der Waals surface area contributed by atoms with Crippen molar-refractivity contribution in [2.24, 2.45) is 5.73 Å². The van der Waals surface area contributed by atoms with Gasteiger partial charge in [-0.15, -0.1) is 0 Å². The number of aliphatic hydroxyl groups excluding tert-OH is 1. The molecule has 0 aliphatic rings. The second-order valence-electron chi connectivity index (χ2n) is 6.80. The molecule has 0 heterocycles. The van der Waals surface area contributed by atoms with E-state index in [1.807, 2.05) is 60.7 Å². The van der Waals surface area contributed by atoms with E-state index in [9.17, 15) is 5.11 Å². The van der Waals surface area contributed by atoms with E-state index < -0.39 is 12.1 Å². The summed E-state index contributed by atoms with van der Waals surface area (Å²) in [6.07, 6.45) is -0.344. The van der Waals surface area contributed by atoms with E-state index >= 15 is 0 Å². The first kappa shape index (κ1) is 20.7. The number of rotatable bonds is 9. The molecule has 5 heteroatoms. The average Bonchev–Trinajstić information content (AvgIpc) is 2.77. The summed E-state index contributed by atoms with van der Waals surface area (Å²) in [4.78, 5) is 0. The fourth-order valence-corrected chi connectivity index (χ4v) is 3.19. The molecule has 3 N–H and O–H groups in total. The van der Waals surface area contributed by atoms with E-state index in [1.165, 1.54) is 0 Å². The molecule has 2 atom stereocenters. The molecule has 0 saturated carbocycles. The van der Waals surface area contributed by atoms with E-state index in [2.05, 4.69) is 0 Å². The van der Waals surface area contributed by atoms with Crippen molar-refractivity contribution in [1.82, 2.24) is 0 Å². The Morgan fingerprint density at radius 2 is 1.34 bits per heavy atom. The fraction of sp³-hybridized carbons (Fsp3) is 0.250. The van der Waals surface area contributed by atoms with Crippen LogP contribution in [0.15, 0.2) is 72.8 Å². The molecular weight excluding hydrogens is 366 g/mol. The summed E-state index contributed by atoms with van der Waals surface area (Å²) >= 11 is 0. The smallest absolute Gasteiger partial charge is 0.164 e. The maximum absolute atomic E-state index is 10.8. The lowest BCUT2D eigenvalue weighted by atomic mass is 9.95. The minimum absolute atomic E-state index is 0.380. The van der Waals surface area contributed by atoms with Crippen molar-refractivity contribution >= 4 is 0 Å². The Labute approximate surface area is 171 Å². The van der Waals surface area contributed by atoms with Gasteiger partial charge in [0.05, 0.1) is 26.4 Å². The first-order valence-corrected chi connectivity index (χ1v) is 9.52. The minimum Gasteiger partial charge on any atom is -0.493 e. The van der Waals surface area contributed by atoms with Gasteiger partial charge in [0.25, 0.3) is 0 Å². The Bertz CT molecular complexity index is 900. The number of nitrogens with two attached hydrogens (primary N) is 1. The molecule has 0 amide bonds. The monoisotopic (exact) mass is 393 g/mol. The average molecular weight is 393 g/mol. The van der Waals surface area contributed by atoms with Crippen LogP contribution in [-0.2, 0) is 13.0 Å². The lowest BCUT2D eigenvalue weighted by Gasteiger charge is -2.23. The van der Waals surface area contributed by atoms with Crippen LogP contribution in [0.1, 0.15) is 22.7 Å². The number of ether oxygens (including phenoxy) is 3. The molecule has 152 valence electrons. The standard InChI is InChI=1S/C24H27NO4/c1-27-22-14-19(24(25)20(26)13-17-9-5-3-6-10-17)21(15-23(22)28-2)29-16-18-11-7-4-8-12-18/h3-12,14-15,20,24,26H,13,16,25H2,1-2H3/t20-,24+/m1/s1. The zero-order valence-electron chi connectivity index (χ0n) is 16.7. The summed E-state index contributed by atoms with van der Waals surface area (Å²) in [5.74, 6) is 1.65. The zero-order valence-corrected chi connectivity index (χ0v) is 16.7. The third-order valence-corrected chi connectivity index (χ3v) is 4.81. The second kappa shape index (κ2) is 9.96. The van der Waals surface area contributed by atoms with Gasteiger partial charge in [-0.05, 0) is 17.2 Å². The lowest BCUT2D eigenvalue weighted by molar-refractivity contribution is 0.142. The van der Waals surface area contributed by atoms with Gasteiger partial charge in [-0.1, -0.05) is 60.7 Å². The Balaban J connectivity index is 1.87. The van der Waals surface area contributed by atoms with Crippen molar-refractivity contribution < 1.29 is 19.3 Å². The molecule has 0 saturated heterocycles. The summed E-state index contributed by atoms with van der Waals surface area (Å²) in [5, 5.41) is 10.8. The predicted octanol–water partition coefficient (Wildman–Crippen LogP) is 3.89. The Morgan fingerprint density at radius 1 is 0.793 bits per heavy atom. The molecule has 0 aromatic heterocycles. The summed E-state index contributed by atoms with van der Waals surface area (Å²) in [7, 11) is 3.14. The van der Waals surface area contributed by atoms with Crippen LogP contribution in [0.5, 0.6) is 17.2 Å². The van der Waals surface area contributed by atoms with Crippen LogP contribution in [0.3, 0.4) is 0 Å². The van der Waals surface area contributed by atoms with Crippen LogP contribution >= 0.6 is 0 Å². The summed E-state index contributed by atoms with van der Waals surface area (Å²) in [6.45, 7) is 0.380. The molecule has 0 spiro atoms. The van der Waals surface area contributed by atoms with Gasteiger partial charge >= 0.3 is 0 Å². The highest BCUT2D eigenvalue weighted by Gasteiger charge is 2.24. The van der Waals surface area contributed by atoms with Crippen molar-refractivity contribution in [3.05, 3.63) is 89.5 Å². The SMILES string of the molecule is COc1cc(OCc2ccccc2)c([C@H](N)[C@H](O)Cc2ccccc2)cc1OC. The van der Waals surface area contributed by atoms with Crippen LogP contribution < -0.4 is 19.9 Å². The molecule has 0 fully saturated rings. The predicted molar refractivity (Wildman–Crippen MR) is 113 cm³/mol. The maximum Gasteiger partial charge on any atom is 0.164 e. The van der Waals surface area contributed by atoms with E-state index in [0.717, 1.165) is 11.1 Å². The summed E-state index contributed by atoms with van der Waals surface area (Å²) < 4.78 is 16.9. The van der Waals surface area contributed by atoms with Crippen molar-refractivity contribution in [2.75, 3.05) is 14.2 Å². The molecule has 0 unspecified atom stereocenters. The van der Waals surface area contributed by atoms with Gasteiger partial charge in [0, 0.05) is 18.1 Å². The number of benzene rings is 3. The third-order valence-electron chi connectivity index (χ3n) is 4.81. The minimum atomic E-state index is -0.783. The Morgan fingerprint density at radius 3 is 1.93 bits per heavy atom. The van der Waals surface area contributed by atoms with Crippen LogP contribution in [0.4, 0.5) is 0 Å². The third kappa shape index (κ3) is 5.28. The van der Waals surface area contributed by atoms with E-state index in [4.69, 9.17) is 19.9 Å². The molecule has 3 aromatic carbocycles. The largest absolute Gasteiger partial charge is 0.493 e. The molecule has 0 bridgehead atoms. The van der Waals surface area contributed by atoms with Gasteiger partial charge in [0.15, 0.2) is 11.5 Å². The van der Waals surface area contributed by atoms with Crippen LogP contribution in [-0.4, -0.2) is 25.4 Å². The van der Waals surface area contributed by atoms with Crippen molar-refractivity contribution in [3.63, 3.8) is 0 Å². The zero-order chi connectivity index (χ0) is 20.6. The van der Waals surface area contributed by atoms with Crippen molar-refractivity contribution in [2.45, 2.75) is 25.2 Å². The number of aliphatic hydroxyl groups is 1. The highest BCUT2D eigenvalue weighted by molar-refractivity contribution is 5.52. The van der Waals surface area contributed by atoms with Gasteiger partial charge in [0.2, 0.25) is 0 Å². The Hall–Kier alpha value is -3.02. The molecule has 0 aliphatic heterocycles. The van der Waals surface area contributed by atoms with E-state index in [1.54, 1.807) is 26.4 Å².